The molecule has 0 bridgehead atoms. The van der Waals surface area contributed by atoms with Crippen LogP contribution in [0.1, 0.15) is 17.5 Å². The Morgan fingerprint density at radius 1 is 1.30 bits per heavy atom. The molecule has 1 aromatic carbocycles. The van der Waals surface area contributed by atoms with Gasteiger partial charge in [0.05, 0.1) is 11.1 Å². The summed E-state index contributed by atoms with van der Waals surface area (Å²) in [6, 6.07) is 5.13. The van der Waals surface area contributed by atoms with E-state index in [1.807, 2.05) is 0 Å². The number of aliphatic carboxylic acids is 1. The molecule has 0 amide bonds. The number of alkyl halides is 3. The van der Waals surface area contributed by atoms with Crippen molar-refractivity contribution < 1.29 is 23.1 Å². The molecular weight excluding hydrogens is 271 g/mol. The van der Waals surface area contributed by atoms with Crippen molar-refractivity contribution in [2.24, 2.45) is 0 Å². The van der Waals surface area contributed by atoms with Crippen LogP contribution in [-0.4, -0.2) is 36.1 Å². The summed E-state index contributed by atoms with van der Waals surface area (Å²) < 4.78 is 39.1. The molecule has 0 radical (unpaired) electrons. The summed E-state index contributed by atoms with van der Waals surface area (Å²) in [4.78, 5) is 13.1. The van der Waals surface area contributed by atoms with Gasteiger partial charge in [0.25, 0.3) is 0 Å². The fraction of sp³-hybridized carbons (Fsp3) is 0.357. The first kappa shape index (κ1) is 14.6. The van der Waals surface area contributed by atoms with Crippen LogP contribution in [0.25, 0.3) is 5.57 Å². The highest BCUT2D eigenvalue weighted by Crippen LogP contribution is 2.38. The first-order chi connectivity index (χ1) is 9.30. The number of hydrogen-bond acceptors (Lipinski definition) is 2. The van der Waals surface area contributed by atoms with Crippen LogP contribution in [0.15, 0.2) is 29.8 Å². The van der Waals surface area contributed by atoms with Gasteiger partial charge in [0.15, 0.2) is 0 Å². The molecule has 1 aliphatic heterocycles. The van der Waals surface area contributed by atoms with Crippen molar-refractivity contribution in [2.45, 2.75) is 12.6 Å². The standard InChI is InChI=1S/C14H14F3NO2/c1-18-7-6-9(11(8-18)13(19)20)10-4-2-3-5-12(10)14(15,16)17/h2-5H,6-8H2,1H3,(H,19,20). The van der Waals surface area contributed by atoms with Gasteiger partial charge in [0.2, 0.25) is 0 Å². The van der Waals surface area contributed by atoms with Gasteiger partial charge < -0.3 is 10.0 Å². The number of hydrogen-bond donors (Lipinski definition) is 1. The van der Waals surface area contributed by atoms with E-state index in [1.54, 1.807) is 11.9 Å². The molecule has 0 fully saturated rings. The summed E-state index contributed by atoms with van der Waals surface area (Å²) in [5, 5.41) is 9.22. The molecule has 0 atom stereocenters. The number of benzene rings is 1. The zero-order valence-corrected chi connectivity index (χ0v) is 10.9. The molecule has 0 aromatic heterocycles. The molecule has 0 aliphatic carbocycles. The van der Waals surface area contributed by atoms with E-state index >= 15 is 0 Å². The molecule has 0 saturated carbocycles. The Morgan fingerprint density at radius 3 is 2.55 bits per heavy atom. The van der Waals surface area contributed by atoms with Gasteiger partial charge in [0.1, 0.15) is 0 Å². The Labute approximate surface area is 114 Å². The van der Waals surface area contributed by atoms with Crippen molar-refractivity contribution in [3.05, 3.63) is 41.0 Å². The van der Waals surface area contributed by atoms with Gasteiger partial charge >= 0.3 is 12.1 Å². The smallest absolute Gasteiger partial charge is 0.416 e. The lowest BCUT2D eigenvalue weighted by atomic mass is 9.90. The van der Waals surface area contributed by atoms with Gasteiger partial charge in [-0.2, -0.15) is 13.2 Å². The predicted molar refractivity (Wildman–Crippen MR) is 68.1 cm³/mol. The van der Waals surface area contributed by atoms with E-state index in [9.17, 15) is 23.1 Å². The Morgan fingerprint density at radius 2 is 1.95 bits per heavy atom. The fourth-order valence-corrected chi connectivity index (χ4v) is 2.39. The maximum Gasteiger partial charge on any atom is 0.416 e. The highest BCUT2D eigenvalue weighted by atomic mass is 19.4. The van der Waals surface area contributed by atoms with Gasteiger partial charge in [-0.15, -0.1) is 0 Å². The maximum atomic E-state index is 13.0. The zero-order valence-electron chi connectivity index (χ0n) is 10.9. The van der Waals surface area contributed by atoms with Crippen LogP contribution in [0.3, 0.4) is 0 Å². The minimum atomic E-state index is -4.49. The summed E-state index contributed by atoms with van der Waals surface area (Å²) in [6.45, 7) is 0.690. The van der Waals surface area contributed by atoms with Crippen LogP contribution < -0.4 is 0 Å². The lowest BCUT2D eigenvalue weighted by Crippen LogP contribution is -2.31. The third kappa shape index (κ3) is 2.85. The molecule has 2 rings (SSSR count). The van der Waals surface area contributed by atoms with Crippen molar-refractivity contribution in [1.82, 2.24) is 4.90 Å². The largest absolute Gasteiger partial charge is 0.478 e. The van der Waals surface area contributed by atoms with E-state index in [-0.39, 0.29) is 23.3 Å². The second-order valence-electron chi connectivity index (χ2n) is 4.79. The van der Waals surface area contributed by atoms with E-state index in [1.165, 1.54) is 18.2 Å². The van der Waals surface area contributed by atoms with Crippen LogP contribution in [-0.2, 0) is 11.0 Å². The van der Waals surface area contributed by atoms with Gasteiger partial charge in [-0.05, 0) is 30.7 Å². The summed E-state index contributed by atoms with van der Waals surface area (Å²) in [7, 11) is 1.75. The van der Waals surface area contributed by atoms with Crippen LogP contribution in [0.4, 0.5) is 13.2 Å². The summed E-state index contributed by atoms with van der Waals surface area (Å²) in [5.41, 5.74) is -0.484. The van der Waals surface area contributed by atoms with E-state index < -0.39 is 17.7 Å². The van der Waals surface area contributed by atoms with Crippen LogP contribution >= 0.6 is 0 Å². The monoisotopic (exact) mass is 285 g/mol. The number of rotatable bonds is 2. The number of carbonyl (C=O) groups is 1. The first-order valence-electron chi connectivity index (χ1n) is 6.11. The number of likely N-dealkylation sites (N-methyl/N-ethyl adjacent to an activating group) is 1. The number of nitrogens with zero attached hydrogens (tertiary/aromatic N) is 1. The average Bonchev–Trinajstić information content (AvgIpc) is 2.37. The summed E-state index contributed by atoms with van der Waals surface area (Å²) >= 11 is 0. The minimum Gasteiger partial charge on any atom is -0.478 e. The molecule has 6 heteroatoms. The third-order valence-corrected chi connectivity index (χ3v) is 3.35. The van der Waals surface area contributed by atoms with E-state index in [0.717, 1.165) is 6.07 Å². The Balaban J connectivity index is 2.60. The summed E-state index contributed by atoms with van der Waals surface area (Å²) in [5.74, 6) is -1.16. The highest BCUT2D eigenvalue weighted by Gasteiger charge is 2.35. The van der Waals surface area contributed by atoms with Crippen molar-refractivity contribution >= 4 is 11.5 Å². The molecule has 1 aromatic rings. The number of carboxylic acid groups (broad SMARTS) is 1. The van der Waals surface area contributed by atoms with Crippen LogP contribution in [0.5, 0.6) is 0 Å². The minimum absolute atomic E-state index is 0.0227. The average molecular weight is 285 g/mol. The van der Waals surface area contributed by atoms with E-state index in [4.69, 9.17) is 0 Å². The molecule has 1 aliphatic rings. The molecule has 0 unspecified atom stereocenters. The van der Waals surface area contributed by atoms with Crippen LogP contribution in [0.2, 0.25) is 0 Å². The lowest BCUT2D eigenvalue weighted by Gasteiger charge is -2.27. The lowest BCUT2D eigenvalue weighted by molar-refractivity contribution is -0.138. The number of carboxylic acids is 1. The Hall–Kier alpha value is -1.82. The zero-order chi connectivity index (χ0) is 14.9. The van der Waals surface area contributed by atoms with E-state index in [0.29, 0.717) is 13.0 Å². The van der Waals surface area contributed by atoms with Gasteiger partial charge in [-0.25, -0.2) is 4.79 Å². The van der Waals surface area contributed by atoms with Crippen molar-refractivity contribution in [3.63, 3.8) is 0 Å². The molecule has 3 nitrogen and oxygen atoms in total. The molecule has 1 heterocycles. The van der Waals surface area contributed by atoms with E-state index in [2.05, 4.69) is 0 Å². The third-order valence-electron chi connectivity index (χ3n) is 3.35. The first-order valence-corrected chi connectivity index (χ1v) is 6.11. The normalized spacial score (nSPS) is 17.4. The SMILES string of the molecule is CN1CCC(c2ccccc2C(F)(F)F)=C(C(=O)O)C1. The van der Waals surface area contributed by atoms with Gasteiger partial charge in [-0.1, -0.05) is 18.2 Å². The fourth-order valence-electron chi connectivity index (χ4n) is 2.39. The summed E-state index contributed by atoms with van der Waals surface area (Å²) in [6.07, 6.45) is -4.19. The molecule has 20 heavy (non-hydrogen) atoms. The molecular formula is C14H14F3NO2. The van der Waals surface area contributed by atoms with Gasteiger partial charge in [-0.3, -0.25) is 0 Å². The predicted octanol–water partition coefficient (Wildman–Crippen LogP) is 2.88. The maximum absolute atomic E-state index is 13.0. The molecule has 108 valence electrons. The van der Waals surface area contributed by atoms with Crippen molar-refractivity contribution in [3.8, 4) is 0 Å². The second kappa shape index (κ2) is 5.28. The molecule has 0 saturated heterocycles. The second-order valence-corrected chi connectivity index (χ2v) is 4.79. The number of halogens is 3. The van der Waals surface area contributed by atoms with Crippen LogP contribution in [0, 0.1) is 0 Å². The van der Waals surface area contributed by atoms with Crippen molar-refractivity contribution in [1.29, 1.82) is 0 Å². The topological polar surface area (TPSA) is 40.5 Å². The Kier molecular flexibility index (Phi) is 3.85. The molecule has 1 N–H and O–H groups in total. The Bertz CT molecular complexity index is 564. The van der Waals surface area contributed by atoms with Crippen molar-refractivity contribution in [2.75, 3.05) is 20.1 Å². The highest BCUT2D eigenvalue weighted by molar-refractivity contribution is 5.97. The molecule has 0 spiro atoms. The van der Waals surface area contributed by atoms with Gasteiger partial charge in [0, 0.05) is 13.1 Å². The quantitative estimate of drug-likeness (QED) is 0.908.